The molecule has 1 aromatic rings. The van der Waals surface area contributed by atoms with E-state index in [1.54, 1.807) is 25.7 Å². The highest BCUT2D eigenvalue weighted by atomic mass is 19.4. The van der Waals surface area contributed by atoms with Crippen LogP contribution in [0.5, 0.6) is 5.88 Å². The first-order valence-corrected chi connectivity index (χ1v) is 9.01. The second-order valence-corrected chi connectivity index (χ2v) is 7.69. The predicted molar refractivity (Wildman–Crippen MR) is 92.3 cm³/mol. The minimum Gasteiger partial charge on any atom is -0.474 e. The summed E-state index contributed by atoms with van der Waals surface area (Å²) in [5, 5.41) is 0. The lowest BCUT2D eigenvalue weighted by Crippen LogP contribution is -2.51. The van der Waals surface area contributed by atoms with E-state index >= 15 is 0 Å². The van der Waals surface area contributed by atoms with E-state index in [1.807, 2.05) is 0 Å². The van der Waals surface area contributed by atoms with Crippen molar-refractivity contribution in [3.8, 4) is 5.88 Å². The van der Waals surface area contributed by atoms with Gasteiger partial charge < -0.3 is 14.4 Å². The zero-order valence-corrected chi connectivity index (χ0v) is 16.0. The Morgan fingerprint density at radius 2 is 1.93 bits per heavy atom. The van der Waals surface area contributed by atoms with Crippen molar-refractivity contribution < 1.29 is 27.4 Å². The third kappa shape index (κ3) is 6.25. The number of hydrogen-bond acceptors (Lipinski definition) is 5. The first-order valence-electron chi connectivity index (χ1n) is 9.01. The van der Waals surface area contributed by atoms with E-state index < -0.39 is 23.6 Å². The van der Waals surface area contributed by atoms with Gasteiger partial charge in [0.2, 0.25) is 5.88 Å². The van der Waals surface area contributed by atoms with Gasteiger partial charge >= 0.3 is 12.3 Å². The summed E-state index contributed by atoms with van der Waals surface area (Å²) in [5.74, 6) is 0.379. The Balaban J connectivity index is 2.02. The van der Waals surface area contributed by atoms with Crippen LogP contribution in [-0.2, 0) is 10.9 Å². The maximum atomic E-state index is 12.5. The molecule has 0 bridgehead atoms. The van der Waals surface area contributed by atoms with Crippen LogP contribution in [0.4, 0.5) is 18.0 Å². The Morgan fingerprint density at radius 1 is 1.22 bits per heavy atom. The maximum Gasteiger partial charge on any atom is 0.434 e. The number of ether oxygens (including phenoxy) is 2. The molecular weight excluding hydrogens is 363 g/mol. The number of nitrogens with zero attached hydrogens (tertiary/aromatic N) is 3. The van der Waals surface area contributed by atoms with Crippen molar-refractivity contribution in [2.75, 3.05) is 13.2 Å². The molecule has 0 spiro atoms. The highest BCUT2D eigenvalue weighted by Crippen LogP contribution is 2.28. The number of aromatic nitrogens is 2. The molecule has 2 heterocycles. The molecule has 2 rings (SSSR count). The molecule has 1 amide bonds. The standard InChI is InChI=1S/C18H26F3N3O3/c1-5-12-6-7-13(24(10-12)16(25)27-17(2,3)4)11-26-15-9-22-14(8-23-15)18(19,20)21/h8-9,12-13H,5-7,10-11H2,1-4H3/t12-,13+/m1/s1. The molecule has 1 fully saturated rings. The fourth-order valence-corrected chi connectivity index (χ4v) is 2.87. The molecule has 9 heteroatoms. The minimum atomic E-state index is -4.54. The molecule has 27 heavy (non-hydrogen) atoms. The Kier molecular flexibility index (Phi) is 6.54. The molecule has 0 aromatic carbocycles. The lowest BCUT2D eigenvalue weighted by atomic mass is 9.91. The van der Waals surface area contributed by atoms with E-state index in [-0.39, 0.29) is 18.5 Å². The molecule has 0 aliphatic carbocycles. The fourth-order valence-electron chi connectivity index (χ4n) is 2.87. The number of piperidine rings is 1. The van der Waals surface area contributed by atoms with E-state index in [4.69, 9.17) is 9.47 Å². The molecule has 0 N–H and O–H groups in total. The van der Waals surface area contributed by atoms with Gasteiger partial charge in [-0.15, -0.1) is 0 Å². The van der Waals surface area contributed by atoms with Gasteiger partial charge in [-0.3, -0.25) is 0 Å². The van der Waals surface area contributed by atoms with Crippen molar-refractivity contribution in [2.24, 2.45) is 5.92 Å². The SMILES string of the molecule is CC[C@@H]1CC[C@@H](COc2cnc(C(F)(F)F)cn2)N(C(=O)OC(C)(C)C)C1. The Bertz CT molecular complexity index is 629. The van der Waals surface area contributed by atoms with E-state index in [9.17, 15) is 18.0 Å². The molecule has 1 aliphatic rings. The summed E-state index contributed by atoms with van der Waals surface area (Å²) < 4.78 is 48.6. The highest BCUT2D eigenvalue weighted by Gasteiger charge is 2.35. The van der Waals surface area contributed by atoms with Crippen LogP contribution in [0.15, 0.2) is 12.4 Å². The van der Waals surface area contributed by atoms with Crippen molar-refractivity contribution in [2.45, 2.75) is 64.8 Å². The van der Waals surface area contributed by atoms with Gasteiger partial charge in [-0.1, -0.05) is 13.3 Å². The van der Waals surface area contributed by atoms with Gasteiger partial charge in [0.05, 0.1) is 18.4 Å². The molecule has 152 valence electrons. The summed E-state index contributed by atoms with van der Waals surface area (Å²) in [6, 6.07) is -0.230. The number of amides is 1. The summed E-state index contributed by atoms with van der Waals surface area (Å²) in [4.78, 5) is 21.2. The molecule has 0 saturated carbocycles. The third-order valence-electron chi connectivity index (χ3n) is 4.35. The van der Waals surface area contributed by atoms with Crippen molar-refractivity contribution in [1.82, 2.24) is 14.9 Å². The van der Waals surface area contributed by atoms with Crippen LogP contribution in [0.25, 0.3) is 0 Å². The van der Waals surface area contributed by atoms with Gasteiger partial charge in [0.1, 0.15) is 12.2 Å². The Labute approximate surface area is 157 Å². The number of carbonyl (C=O) groups is 1. The quantitative estimate of drug-likeness (QED) is 0.768. The number of hydrogen-bond donors (Lipinski definition) is 0. The van der Waals surface area contributed by atoms with E-state index in [2.05, 4.69) is 16.9 Å². The summed E-state index contributed by atoms with van der Waals surface area (Å²) in [7, 11) is 0. The van der Waals surface area contributed by atoms with Crippen molar-refractivity contribution in [1.29, 1.82) is 0 Å². The molecule has 0 radical (unpaired) electrons. The van der Waals surface area contributed by atoms with Crippen molar-refractivity contribution in [3.05, 3.63) is 18.1 Å². The Hall–Kier alpha value is -2.06. The lowest BCUT2D eigenvalue weighted by molar-refractivity contribution is -0.141. The molecule has 1 aliphatic heterocycles. The van der Waals surface area contributed by atoms with Crippen LogP contribution < -0.4 is 4.74 Å². The van der Waals surface area contributed by atoms with Gasteiger partial charge in [0.25, 0.3) is 0 Å². The summed E-state index contributed by atoms with van der Waals surface area (Å²) in [6.45, 7) is 8.17. The number of rotatable bonds is 4. The molecule has 1 aromatic heterocycles. The lowest BCUT2D eigenvalue weighted by Gasteiger charge is -2.39. The molecule has 1 saturated heterocycles. The summed E-state index contributed by atoms with van der Waals surface area (Å²) in [6.07, 6.45) is -0.746. The van der Waals surface area contributed by atoms with Gasteiger partial charge in [-0.25, -0.2) is 14.8 Å². The Morgan fingerprint density at radius 3 is 2.44 bits per heavy atom. The molecule has 6 nitrogen and oxygen atoms in total. The highest BCUT2D eigenvalue weighted by molar-refractivity contribution is 5.68. The predicted octanol–water partition coefficient (Wildman–Crippen LogP) is 4.30. The first-order chi connectivity index (χ1) is 12.5. The fraction of sp³-hybridized carbons (Fsp3) is 0.722. The minimum absolute atomic E-state index is 0.00949. The second kappa shape index (κ2) is 8.31. The van der Waals surface area contributed by atoms with Gasteiger partial charge in [-0.05, 0) is 39.5 Å². The van der Waals surface area contributed by atoms with Crippen LogP contribution in [-0.4, -0.2) is 45.8 Å². The number of carbonyl (C=O) groups excluding carboxylic acids is 1. The maximum absolute atomic E-state index is 12.5. The third-order valence-corrected chi connectivity index (χ3v) is 4.35. The van der Waals surface area contributed by atoms with Crippen LogP contribution in [0, 0.1) is 5.92 Å². The van der Waals surface area contributed by atoms with Gasteiger partial charge in [0.15, 0.2) is 5.69 Å². The van der Waals surface area contributed by atoms with Crippen LogP contribution >= 0.6 is 0 Å². The van der Waals surface area contributed by atoms with Gasteiger partial charge in [0, 0.05) is 6.54 Å². The van der Waals surface area contributed by atoms with E-state index in [1.165, 1.54) is 0 Å². The smallest absolute Gasteiger partial charge is 0.434 e. The number of likely N-dealkylation sites (tertiary alicyclic amines) is 1. The van der Waals surface area contributed by atoms with Gasteiger partial charge in [-0.2, -0.15) is 13.2 Å². The van der Waals surface area contributed by atoms with E-state index in [0.717, 1.165) is 25.5 Å². The molecule has 2 atom stereocenters. The normalized spacial score (nSPS) is 21.1. The van der Waals surface area contributed by atoms with E-state index in [0.29, 0.717) is 18.7 Å². The summed E-state index contributed by atoms with van der Waals surface area (Å²) in [5.41, 5.74) is -1.69. The van der Waals surface area contributed by atoms with Crippen molar-refractivity contribution in [3.63, 3.8) is 0 Å². The first kappa shape index (κ1) is 21.2. The number of halogens is 3. The largest absolute Gasteiger partial charge is 0.474 e. The molecular formula is C18H26F3N3O3. The number of alkyl halides is 3. The van der Waals surface area contributed by atoms with Crippen LogP contribution in [0.2, 0.25) is 0 Å². The molecule has 0 unspecified atom stereocenters. The summed E-state index contributed by atoms with van der Waals surface area (Å²) >= 11 is 0. The second-order valence-electron chi connectivity index (χ2n) is 7.69. The zero-order chi connectivity index (χ0) is 20.2. The van der Waals surface area contributed by atoms with Crippen LogP contribution in [0.3, 0.4) is 0 Å². The van der Waals surface area contributed by atoms with Crippen LogP contribution in [0.1, 0.15) is 52.7 Å². The average Bonchev–Trinajstić information content (AvgIpc) is 2.58. The zero-order valence-electron chi connectivity index (χ0n) is 16.0. The van der Waals surface area contributed by atoms with Crippen molar-refractivity contribution >= 4 is 6.09 Å². The topological polar surface area (TPSA) is 64.6 Å². The monoisotopic (exact) mass is 389 g/mol. The average molecular weight is 389 g/mol.